The Hall–Kier alpha value is -2.74. The fourth-order valence-corrected chi connectivity index (χ4v) is 4.40. The Morgan fingerprint density at radius 1 is 1.34 bits per heavy atom. The summed E-state index contributed by atoms with van der Waals surface area (Å²) in [6.45, 7) is 13.3. The number of nitrogens with one attached hydrogen (secondary N) is 2. The predicted molar refractivity (Wildman–Crippen MR) is 118 cm³/mol. The van der Waals surface area contributed by atoms with E-state index < -0.39 is 0 Å². The minimum absolute atomic E-state index is 0.0368. The standard InChI is InChI=1S/C21H27N5O2S/c1-11(2)10-26-12(3)7-16(14(26)5)9-22-25-18(27)8-17-23-20(28)19-13(4)15(6)29-21(19)24-17/h7,9,11H,8,10H2,1-6H3,(H,25,27)(H,23,24,28)/b22-9-. The Morgan fingerprint density at radius 3 is 2.76 bits per heavy atom. The summed E-state index contributed by atoms with van der Waals surface area (Å²) in [5, 5.41) is 4.68. The molecule has 0 unspecified atom stereocenters. The summed E-state index contributed by atoms with van der Waals surface area (Å²) in [7, 11) is 0. The number of hydrogen-bond acceptors (Lipinski definition) is 5. The Bertz CT molecular complexity index is 1150. The third-order valence-corrected chi connectivity index (χ3v) is 6.07. The predicted octanol–water partition coefficient (Wildman–Crippen LogP) is 3.37. The molecular formula is C21H27N5O2S. The zero-order valence-electron chi connectivity index (χ0n) is 17.7. The zero-order valence-corrected chi connectivity index (χ0v) is 18.5. The van der Waals surface area contributed by atoms with Gasteiger partial charge in [-0.05, 0) is 45.2 Å². The molecule has 0 saturated carbocycles. The molecule has 3 heterocycles. The van der Waals surface area contributed by atoms with Crippen LogP contribution >= 0.6 is 11.3 Å². The first-order valence-electron chi connectivity index (χ1n) is 9.65. The van der Waals surface area contributed by atoms with Gasteiger partial charge in [0, 0.05) is 28.4 Å². The summed E-state index contributed by atoms with van der Waals surface area (Å²) in [4.78, 5) is 33.4. The lowest BCUT2D eigenvalue weighted by molar-refractivity contribution is -0.120. The van der Waals surface area contributed by atoms with Crippen LogP contribution < -0.4 is 11.0 Å². The molecule has 2 N–H and O–H groups in total. The largest absolute Gasteiger partial charge is 0.348 e. The van der Waals surface area contributed by atoms with Gasteiger partial charge in [-0.2, -0.15) is 5.10 Å². The summed E-state index contributed by atoms with van der Waals surface area (Å²) in [6, 6.07) is 2.06. The van der Waals surface area contributed by atoms with Crippen LogP contribution in [0, 0.1) is 33.6 Å². The smallest absolute Gasteiger partial charge is 0.259 e. The van der Waals surface area contributed by atoms with E-state index in [2.05, 4.69) is 51.9 Å². The van der Waals surface area contributed by atoms with Crippen molar-refractivity contribution in [2.45, 2.75) is 54.5 Å². The number of fused-ring (bicyclic) bond motifs is 1. The molecule has 0 aliphatic rings. The fourth-order valence-electron chi connectivity index (χ4n) is 3.35. The number of nitrogens with zero attached hydrogens (tertiary/aromatic N) is 3. The van der Waals surface area contributed by atoms with Crippen molar-refractivity contribution in [3.63, 3.8) is 0 Å². The molecule has 0 fully saturated rings. The van der Waals surface area contributed by atoms with Crippen LogP contribution in [0.25, 0.3) is 10.2 Å². The third kappa shape index (κ3) is 4.48. The molecule has 0 aliphatic heterocycles. The number of amides is 1. The van der Waals surface area contributed by atoms with E-state index >= 15 is 0 Å². The van der Waals surface area contributed by atoms with E-state index in [9.17, 15) is 9.59 Å². The van der Waals surface area contributed by atoms with Crippen molar-refractivity contribution >= 4 is 33.7 Å². The maximum Gasteiger partial charge on any atom is 0.259 e. The van der Waals surface area contributed by atoms with Crippen LogP contribution in [0.4, 0.5) is 0 Å². The number of aryl methyl sites for hydroxylation is 3. The normalized spacial score (nSPS) is 11.8. The van der Waals surface area contributed by atoms with Crippen LogP contribution in [0.15, 0.2) is 16.0 Å². The van der Waals surface area contributed by atoms with Gasteiger partial charge in [0.05, 0.1) is 18.0 Å². The van der Waals surface area contributed by atoms with Gasteiger partial charge in [-0.1, -0.05) is 13.8 Å². The summed E-state index contributed by atoms with van der Waals surface area (Å²) >= 11 is 1.46. The molecule has 8 heteroatoms. The monoisotopic (exact) mass is 413 g/mol. The molecule has 29 heavy (non-hydrogen) atoms. The van der Waals surface area contributed by atoms with Crippen LogP contribution in [0.2, 0.25) is 0 Å². The highest BCUT2D eigenvalue weighted by molar-refractivity contribution is 7.18. The van der Waals surface area contributed by atoms with E-state index in [1.54, 1.807) is 6.21 Å². The van der Waals surface area contributed by atoms with Gasteiger partial charge in [0.1, 0.15) is 10.7 Å². The molecule has 3 aromatic rings. The lowest BCUT2D eigenvalue weighted by Gasteiger charge is -2.11. The van der Waals surface area contributed by atoms with Crippen molar-refractivity contribution in [1.82, 2.24) is 20.0 Å². The van der Waals surface area contributed by atoms with Crippen molar-refractivity contribution in [3.05, 3.63) is 49.6 Å². The van der Waals surface area contributed by atoms with E-state index in [0.717, 1.165) is 28.2 Å². The third-order valence-electron chi connectivity index (χ3n) is 4.97. The molecule has 154 valence electrons. The summed E-state index contributed by atoms with van der Waals surface area (Å²) < 4.78 is 2.25. The van der Waals surface area contributed by atoms with Gasteiger partial charge in [0.2, 0.25) is 5.91 Å². The Kier molecular flexibility index (Phi) is 6.02. The second kappa shape index (κ2) is 8.32. The molecule has 3 aromatic heterocycles. The lowest BCUT2D eigenvalue weighted by Crippen LogP contribution is -2.23. The molecule has 0 spiro atoms. The van der Waals surface area contributed by atoms with Gasteiger partial charge >= 0.3 is 0 Å². The molecule has 0 atom stereocenters. The minimum Gasteiger partial charge on any atom is -0.348 e. The number of carbonyl (C=O) groups excluding carboxylic acids is 1. The average Bonchev–Trinajstić information content (AvgIpc) is 3.05. The molecule has 0 aromatic carbocycles. The quantitative estimate of drug-likeness (QED) is 0.479. The zero-order chi connectivity index (χ0) is 21.3. The average molecular weight is 414 g/mol. The molecule has 0 saturated heterocycles. The summed E-state index contributed by atoms with van der Waals surface area (Å²) in [5.74, 6) is 0.559. The number of carbonyl (C=O) groups is 1. The first-order chi connectivity index (χ1) is 13.7. The van der Waals surface area contributed by atoms with Crippen LogP contribution in [0.1, 0.15) is 47.1 Å². The van der Waals surface area contributed by atoms with Crippen LogP contribution in [-0.2, 0) is 17.8 Å². The van der Waals surface area contributed by atoms with E-state index in [4.69, 9.17) is 0 Å². The van der Waals surface area contributed by atoms with Crippen molar-refractivity contribution in [2.24, 2.45) is 11.0 Å². The molecule has 1 amide bonds. The first-order valence-corrected chi connectivity index (χ1v) is 10.5. The molecule has 0 aliphatic carbocycles. The number of thiophene rings is 1. The van der Waals surface area contributed by atoms with Crippen molar-refractivity contribution < 1.29 is 4.79 Å². The van der Waals surface area contributed by atoms with E-state index in [0.29, 0.717) is 22.0 Å². The van der Waals surface area contributed by atoms with Crippen LogP contribution in [0.3, 0.4) is 0 Å². The second-order valence-corrected chi connectivity index (χ2v) is 8.98. The van der Waals surface area contributed by atoms with E-state index in [1.807, 2.05) is 20.8 Å². The van der Waals surface area contributed by atoms with E-state index in [1.165, 1.54) is 17.0 Å². The highest BCUT2D eigenvalue weighted by atomic mass is 32.1. The fraction of sp³-hybridized carbons (Fsp3) is 0.429. The Balaban J connectivity index is 1.69. The van der Waals surface area contributed by atoms with Crippen molar-refractivity contribution in [2.75, 3.05) is 0 Å². The minimum atomic E-state index is -0.329. The molecule has 7 nitrogen and oxygen atoms in total. The number of H-pyrrole nitrogens is 1. The number of rotatable bonds is 6. The van der Waals surface area contributed by atoms with Crippen LogP contribution in [0.5, 0.6) is 0 Å². The highest BCUT2D eigenvalue weighted by Gasteiger charge is 2.14. The molecule has 3 rings (SSSR count). The summed E-state index contributed by atoms with van der Waals surface area (Å²) in [5.41, 5.74) is 6.51. The topological polar surface area (TPSA) is 92.1 Å². The van der Waals surface area contributed by atoms with Gasteiger partial charge in [-0.3, -0.25) is 9.59 Å². The first kappa shape index (κ1) is 21.0. The van der Waals surface area contributed by atoms with Gasteiger partial charge in [0.15, 0.2) is 0 Å². The Labute approximate surface area is 173 Å². The maximum atomic E-state index is 12.3. The van der Waals surface area contributed by atoms with E-state index in [-0.39, 0.29) is 17.9 Å². The highest BCUT2D eigenvalue weighted by Crippen LogP contribution is 2.25. The SMILES string of the molecule is Cc1sc2nc(CC(=O)N/N=C\c3cc(C)n(CC(C)C)c3C)[nH]c(=O)c2c1C. The molecule has 0 radical (unpaired) electrons. The van der Waals surface area contributed by atoms with Crippen LogP contribution in [-0.4, -0.2) is 26.7 Å². The molecular weight excluding hydrogens is 386 g/mol. The van der Waals surface area contributed by atoms with Crippen molar-refractivity contribution in [3.8, 4) is 0 Å². The van der Waals surface area contributed by atoms with Gasteiger partial charge in [0.25, 0.3) is 5.56 Å². The van der Waals surface area contributed by atoms with Gasteiger partial charge in [-0.25, -0.2) is 10.4 Å². The Morgan fingerprint density at radius 2 is 2.07 bits per heavy atom. The number of aromatic amines is 1. The van der Waals surface area contributed by atoms with Crippen molar-refractivity contribution in [1.29, 1.82) is 0 Å². The number of hydrogen-bond donors (Lipinski definition) is 2. The summed E-state index contributed by atoms with van der Waals surface area (Å²) in [6.07, 6.45) is 1.62. The second-order valence-electron chi connectivity index (χ2n) is 7.78. The van der Waals surface area contributed by atoms with Gasteiger partial charge in [-0.15, -0.1) is 11.3 Å². The number of aromatic nitrogens is 3. The number of hydrazone groups is 1. The molecule has 0 bridgehead atoms. The van der Waals surface area contributed by atoms with Gasteiger partial charge < -0.3 is 9.55 Å². The maximum absolute atomic E-state index is 12.3. The lowest BCUT2D eigenvalue weighted by atomic mass is 10.2.